The van der Waals surface area contributed by atoms with E-state index in [2.05, 4.69) is 18.7 Å². The number of nitrogens with two attached hydrogens (primary N) is 1. The molecule has 1 unspecified atom stereocenters. The fraction of sp³-hybridized carbons (Fsp3) is 1.00. The van der Waals surface area contributed by atoms with Crippen molar-refractivity contribution in [3.05, 3.63) is 0 Å². The summed E-state index contributed by atoms with van der Waals surface area (Å²) >= 11 is 0. The van der Waals surface area contributed by atoms with Crippen molar-refractivity contribution in [3.8, 4) is 0 Å². The van der Waals surface area contributed by atoms with Gasteiger partial charge in [-0.25, -0.2) is 0 Å². The Morgan fingerprint density at radius 2 is 1.56 bits per heavy atom. The summed E-state index contributed by atoms with van der Waals surface area (Å²) in [5.74, 6) is 0.807. The van der Waals surface area contributed by atoms with Gasteiger partial charge in [0.15, 0.2) is 0 Å². The summed E-state index contributed by atoms with van der Waals surface area (Å²) in [6.45, 7) is 5.88. The predicted octanol–water partition coefficient (Wildman–Crippen LogP) is 2.77. The molecule has 0 aromatic carbocycles. The molecule has 1 heterocycles. The van der Waals surface area contributed by atoms with Crippen molar-refractivity contribution in [2.24, 2.45) is 11.7 Å². The van der Waals surface area contributed by atoms with Crippen LogP contribution in [0.15, 0.2) is 0 Å². The predicted molar refractivity (Wildman–Crippen MR) is 69.4 cm³/mol. The van der Waals surface area contributed by atoms with Crippen LogP contribution in [0.25, 0.3) is 0 Å². The molecule has 1 aliphatic heterocycles. The third-order valence-corrected chi connectivity index (χ3v) is 4.80. The minimum Gasteiger partial charge on any atom is -0.326 e. The van der Waals surface area contributed by atoms with Crippen LogP contribution in [0.5, 0.6) is 0 Å². The fourth-order valence-electron chi connectivity index (χ4n) is 3.61. The summed E-state index contributed by atoms with van der Waals surface area (Å²) in [5, 5.41) is 0. The minimum absolute atomic E-state index is 0.422. The summed E-state index contributed by atoms with van der Waals surface area (Å²) in [6, 6.07) is 1.91. The average molecular weight is 224 g/mol. The molecular weight excluding hydrogens is 196 g/mol. The molecule has 0 bridgehead atoms. The number of hydrogen-bond acceptors (Lipinski definition) is 2. The van der Waals surface area contributed by atoms with E-state index in [-0.39, 0.29) is 0 Å². The van der Waals surface area contributed by atoms with Gasteiger partial charge in [0.25, 0.3) is 0 Å². The van der Waals surface area contributed by atoms with Gasteiger partial charge in [0, 0.05) is 24.7 Å². The maximum Gasteiger partial charge on any atom is 0.0196 e. The highest BCUT2D eigenvalue weighted by Gasteiger charge is 2.29. The summed E-state index contributed by atoms with van der Waals surface area (Å²) in [4.78, 5) is 2.66. The molecule has 2 aliphatic rings. The molecule has 0 radical (unpaired) electrons. The van der Waals surface area contributed by atoms with E-state index < -0.39 is 0 Å². The Hall–Kier alpha value is -0.0800. The molecule has 1 saturated carbocycles. The highest BCUT2D eigenvalue weighted by molar-refractivity contribution is 4.86. The van der Waals surface area contributed by atoms with Crippen LogP contribution in [0.2, 0.25) is 0 Å². The Bertz CT molecular complexity index is 201. The molecule has 0 aromatic heterocycles. The molecule has 16 heavy (non-hydrogen) atoms. The second-order valence-electron chi connectivity index (χ2n) is 6.03. The first-order valence-corrected chi connectivity index (χ1v) is 7.20. The lowest BCUT2D eigenvalue weighted by molar-refractivity contribution is 0.0880. The zero-order valence-corrected chi connectivity index (χ0v) is 11.0. The van der Waals surface area contributed by atoms with Gasteiger partial charge in [-0.05, 0) is 45.4 Å². The third kappa shape index (κ3) is 2.78. The van der Waals surface area contributed by atoms with E-state index in [0.717, 1.165) is 24.5 Å². The first-order chi connectivity index (χ1) is 7.68. The number of hydrogen-bond donors (Lipinski definition) is 1. The van der Waals surface area contributed by atoms with E-state index in [9.17, 15) is 0 Å². The molecule has 0 spiro atoms. The van der Waals surface area contributed by atoms with Gasteiger partial charge >= 0.3 is 0 Å². The topological polar surface area (TPSA) is 29.3 Å². The van der Waals surface area contributed by atoms with Crippen molar-refractivity contribution >= 4 is 0 Å². The van der Waals surface area contributed by atoms with Crippen LogP contribution >= 0.6 is 0 Å². The zero-order chi connectivity index (χ0) is 11.5. The van der Waals surface area contributed by atoms with Crippen LogP contribution in [-0.2, 0) is 0 Å². The monoisotopic (exact) mass is 224 g/mol. The van der Waals surface area contributed by atoms with Gasteiger partial charge in [-0.3, -0.25) is 4.90 Å². The second kappa shape index (κ2) is 5.50. The highest BCUT2D eigenvalue weighted by Crippen LogP contribution is 2.29. The molecule has 2 rings (SSSR count). The maximum atomic E-state index is 6.39. The lowest BCUT2D eigenvalue weighted by Crippen LogP contribution is -2.50. The molecule has 3 atom stereocenters. The number of rotatable bonds is 3. The number of nitrogens with zero attached hydrogens (tertiary/aromatic N) is 1. The molecule has 2 heteroatoms. The van der Waals surface area contributed by atoms with Gasteiger partial charge in [0.1, 0.15) is 0 Å². The fourth-order valence-corrected chi connectivity index (χ4v) is 3.61. The lowest BCUT2D eigenvalue weighted by atomic mass is 9.93. The largest absolute Gasteiger partial charge is 0.326 e. The van der Waals surface area contributed by atoms with Crippen LogP contribution in [0.1, 0.15) is 58.8 Å². The molecule has 2 nitrogen and oxygen atoms in total. The van der Waals surface area contributed by atoms with E-state index in [1.807, 2.05) is 0 Å². The molecule has 94 valence electrons. The Morgan fingerprint density at radius 1 is 1.00 bits per heavy atom. The van der Waals surface area contributed by atoms with Crippen molar-refractivity contribution in [1.29, 1.82) is 0 Å². The first-order valence-electron chi connectivity index (χ1n) is 7.20. The number of piperidine rings is 1. The number of likely N-dealkylation sites (tertiary alicyclic amines) is 1. The normalized spacial score (nSPS) is 35.4. The molecule has 2 fully saturated rings. The van der Waals surface area contributed by atoms with Crippen molar-refractivity contribution in [1.82, 2.24) is 4.90 Å². The smallest absolute Gasteiger partial charge is 0.0196 e. The standard InChI is InChI=1S/C14H28N2/c1-11-6-5-7-12(2)16(11)10-14(15)13-8-3-4-9-13/h11-14H,3-10,15H2,1-2H3/t11-,12+,14?. The van der Waals surface area contributed by atoms with Crippen LogP contribution in [0.3, 0.4) is 0 Å². The SMILES string of the molecule is C[C@@H]1CCC[C@H](C)N1CC(N)C1CCCC1. The summed E-state index contributed by atoms with van der Waals surface area (Å²) in [6.07, 6.45) is 9.68. The van der Waals surface area contributed by atoms with Gasteiger partial charge in [-0.1, -0.05) is 19.3 Å². The average Bonchev–Trinajstić information content (AvgIpc) is 2.76. The van der Waals surface area contributed by atoms with Gasteiger partial charge in [0.2, 0.25) is 0 Å². The van der Waals surface area contributed by atoms with E-state index >= 15 is 0 Å². The van der Waals surface area contributed by atoms with Gasteiger partial charge in [-0.2, -0.15) is 0 Å². The Kier molecular flexibility index (Phi) is 4.26. The minimum atomic E-state index is 0.422. The van der Waals surface area contributed by atoms with E-state index in [4.69, 9.17) is 5.73 Å². The van der Waals surface area contributed by atoms with Crippen molar-refractivity contribution < 1.29 is 0 Å². The molecule has 2 N–H and O–H groups in total. The van der Waals surface area contributed by atoms with E-state index in [1.54, 1.807) is 0 Å². The highest BCUT2D eigenvalue weighted by atomic mass is 15.2. The molecule has 0 aromatic rings. The van der Waals surface area contributed by atoms with Gasteiger partial charge in [0.05, 0.1) is 0 Å². The Morgan fingerprint density at radius 3 is 2.12 bits per heavy atom. The van der Waals surface area contributed by atoms with Crippen LogP contribution in [0.4, 0.5) is 0 Å². The van der Waals surface area contributed by atoms with Crippen molar-refractivity contribution in [2.45, 2.75) is 76.9 Å². The van der Waals surface area contributed by atoms with Crippen LogP contribution < -0.4 is 5.73 Å². The molecular formula is C14H28N2. The van der Waals surface area contributed by atoms with E-state index in [0.29, 0.717) is 6.04 Å². The summed E-state index contributed by atoms with van der Waals surface area (Å²) in [7, 11) is 0. The first kappa shape index (κ1) is 12.4. The molecule has 1 saturated heterocycles. The summed E-state index contributed by atoms with van der Waals surface area (Å²) < 4.78 is 0. The maximum absolute atomic E-state index is 6.39. The summed E-state index contributed by atoms with van der Waals surface area (Å²) in [5.41, 5.74) is 6.39. The second-order valence-corrected chi connectivity index (χ2v) is 6.03. The lowest BCUT2D eigenvalue weighted by Gasteiger charge is -2.41. The third-order valence-electron chi connectivity index (χ3n) is 4.80. The zero-order valence-electron chi connectivity index (χ0n) is 11.0. The van der Waals surface area contributed by atoms with E-state index in [1.165, 1.54) is 44.9 Å². The van der Waals surface area contributed by atoms with Crippen LogP contribution in [0, 0.1) is 5.92 Å². The van der Waals surface area contributed by atoms with Gasteiger partial charge < -0.3 is 5.73 Å². The van der Waals surface area contributed by atoms with Gasteiger partial charge in [-0.15, -0.1) is 0 Å². The van der Waals surface area contributed by atoms with Crippen molar-refractivity contribution in [3.63, 3.8) is 0 Å². The quantitative estimate of drug-likeness (QED) is 0.798. The van der Waals surface area contributed by atoms with Crippen molar-refractivity contribution in [2.75, 3.05) is 6.54 Å². The molecule has 1 aliphatic carbocycles. The Balaban J connectivity index is 1.86. The molecule has 0 amide bonds. The van der Waals surface area contributed by atoms with Crippen LogP contribution in [-0.4, -0.2) is 29.6 Å². The Labute approximate surface area is 101 Å².